The summed E-state index contributed by atoms with van der Waals surface area (Å²) in [5.74, 6) is 1.05. The van der Waals surface area contributed by atoms with E-state index in [1.165, 1.54) is 11.1 Å². The second-order valence-corrected chi connectivity index (χ2v) is 4.32. The molecular weight excluding hydrogens is 210 g/mol. The minimum absolute atomic E-state index is 0.898. The van der Waals surface area contributed by atoms with E-state index in [4.69, 9.17) is 0 Å². The average molecular weight is 231 g/mol. The minimum atomic E-state index is 0.898. The minimum Gasteiger partial charge on any atom is -0.368 e. The molecule has 3 heteroatoms. The van der Waals surface area contributed by atoms with Crippen molar-refractivity contribution in [3.8, 4) is 0 Å². The highest BCUT2D eigenvalue weighted by molar-refractivity contribution is 5.99. The van der Waals surface area contributed by atoms with Crippen LogP contribution in [0.5, 0.6) is 0 Å². The van der Waals surface area contributed by atoms with E-state index < -0.39 is 0 Å². The van der Waals surface area contributed by atoms with E-state index in [2.05, 4.69) is 53.3 Å². The molecule has 1 aliphatic rings. The third-order valence-corrected chi connectivity index (χ3v) is 3.18. The standard InChI is InChI=1S/C14H21N3/c1-3-17(4-2)11-12-6-5-7-13(10-12)14-15-8-9-16-14/h5-7,10H,3-4,8-9,11H2,1-2H3,(H,15,16). The van der Waals surface area contributed by atoms with Gasteiger partial charge in [0.25, 0.3) is 0 Å². The van der Waals surface area contributed by atoms with Crippen molar-refractivity contribution in [2.24, 2.45) is 4.99 Å². The van der Waals surface area contributed by atoms with Crippen LogP contribution in [0.4, 0.5) is 0 Å². The Morgan fingerprint density at radius 3 is 2.76 bits per heavy atom. The summed E-state index contributed by atoms with van der Waals surface area (Å²) in [6.07, 6.45) is 0. The van der Waals surface area contributed by atoms with Crippen molar-refractivity contribution < 1.29 is 0 Å². The van der Waals surface area contributed by atoms with Crippen LogP contribution in [0.3, 0.4) is 0 Å². The molecule has 0 saturated heterocycles. The van der Waals surface area contributed by atoms with Gasteiger partial charge in [0.1, 0.15) is 5.84 Å². The predicted octanol–water partition coefficient (Wildman–Crippen LogP) is 1.88. The van der Waals surface area contributed by atoms with E-state index in [1.54, 1.807) is 0 Å². The monoisotopic (exact) mass is 231 g/mol. The number of benzene rings is 1. The number of aliphatic imine (C=N–C) groups is 1. The van der Waals surface area contributed by atoms with Gasteiger partial charge in [0.05, 0.1) is 6.54 Å². The van der Waals surface area contributed by atoms with Crippen LogP contribution in [0.15, 0.2) is 29.3 Å². The molecule has 1 aromatic rings. The molecule has 17 heavy (non-hydrogen) atoms. The third kappa shape index (κ3) is 3.07. The van der Waals surface area contributed by atoms with Crippen molar-refractivity contribution in [3.05, 3.63) is 35.4 Å². The van der Waals surface area contributed by atoms with Gasteiger partial charge in [0, 0.05) is 18.7 Å². The molecule has 0 radical (unpaired) electrons. The van der Waals surface area contributed by atoms with Crippen LogP contribution in [0, 0.1) is 0 Å². The largest absolute Gasteiger partial charge is 0.368 e. The van der Waals surface area contributed by atoms with Crippen LogP contribution in [0.25, 0.3) is 0 Å². The fourth-order valence-electron chi connectivity index (χ4n) is 2.11. The molecule has 0 atom stereocenters. The van der Waals surface area contributed by atoms with Crippen LogP contribution < -0.4 is 5.32 Å². The number of amidine groups is 1. The van der Waals surface area contributed by atoms with Crippen molar-refractivity contribution >= 4 is 5.84 Å². The highest BCUT2D eigenvalue weighted by Crippen LogP contribution is 2.10. The SMILES string of the molecule is CCN(CC)Cc1cccc(C2=NCCN2)c1. The Bertz CT molecular complexity index is 394. The topological polar surface area (TPSA) is 27.6 Å². The Labute approximate surface area is 104 Å². The van der Waals surface area contributed by atoms with Gasteiger partial charge in [0.2, 0.25) is 0 Å². The van der Waals surface area contributed by atoms with Gasteiger partial charge in [-0.15, -0.1) is 0 Å². The lowest BCUT2D eigenvalue weighted by Crippen LogP contribution is -2.23. The van der Waals surface area contributed by atoms with Crippen molar-refractivity contribution in [2.45, 2.75) is 20.4 Å². The maximum absolute atomic E-state index is 4.46. The Kier molecular flexibility index (Phi) is 4.15. The first-order valence-electron chi connectivity index (χ1n) is 6.43. The Morgan fingerprint density at radius 1 is 1.29 bits per heavy atom. The summed E-state index contributed by atoms with van der Waals surface area (Å²) in [4.78, 5) is 6.88. The van der Waals surface area contributed by atoms with Gasteiger partial charge in [-0.25, -0.2) is 0 Å². The Morgan fingerprint density at radius 2 is 2.12 bits per heavy atom. The van der Waals surface area contributed by atoms with E-state index in [0.717, 1.165) is 38.6 Å². The van der Waals surface area contributed by atoms with Gasteiger partial charge in [-0.1, -0.05) is 32.0 Å². The van der Waals surface area contributed by atoms with Crippen LogP contribution in [-0.2, 0) is 6.54 Å². The molecule has 1 aromatic carbocycles. The molecule has 1 aliphatic heterocycles. The van der Waals surface area contributed by atoms with E-state index >= 15 is 0 Å². The smallest absolute Gasteiger partial charge is 0.128 e. The summed E-state index contributed by atoms with van der Waals surface area (Å²) in [5.41, 5.74) is 2.58. The van der Waals surface area contributed by atoms with Crippen LogP contribution >= 0.6 is 0 Å². The summed E-state index contributed by atoms with van der Waals surface area (Å²) in [7, 11) is 0. The second-order valence-electron chi connectivity index (χ2n) is 4.32. The number of nitrogens with one attached hydrogen (secondary N) is 1. The molecular formula is C14H21N3. The molecule has 0 spiro atoms. The molecule has 1 heterocycles. The first-order chi connectivity index (χ1) is 8.33. The normalized spacial score (nSPS) is 14.9. The molecule has 0 amide bonds. The molecule has 0 aromatic heterocycles. The molecule has 0 fully saturated rings. The second kappa shape index (κ2) is 5.82. The number of rotatable bonds is 5. The molecule has 0 unspecified atom stereocenters. The summed E-state index contributed by atoms with van der Waals surface area (Å²) >= 11 is 0. The zero-order chi connectivity index (χ0) is 12.1. The van der Waals surface area contributed by atoms with Gasteiger partial charge in [0.15, 0.2) is 0 Å². The van der Waals surface area contributed by atoms with Gasteiger partial charge < -0.3 is 5.32 Å². The van der Waals surface area contributed by atoms with Crippen LogP contribution in [0.1, 0.15) is 25.0 Å². The fourth-order valence-corrected chi connectivity index (χ4v) is 2.11. The van der Waals surface area contributed by atoms with Crippen molar-refractivity contribution in [3.63, 3.8) is 0 Å². The van der Waals surface area contributed by atoms with Crippen molar-refractivity contribution in [2.75, 3.05) is 26.2 Å². The molecule has 3 nitrogen and oxygen atoms in total. The van der Waals surface area contributed by atoms with Crippen LogP contribution in [0.2, 0.25) is 0 Å². The molecule has 2 rings (SSSR count). The average Bonchev–Trinajstić information content (AvgIpc) is 2.90. The van der Waals surface area contributed by atoms with Gasteiger partial charge in [-0.2, -0.15) is 0 Å². The molecule has 92 valence electrons. The highest BCUT2D eigenvalue weighted by Gasteiger charge is 2.08. The molecule has 0 saturated carbocycles. The molecule has 0 aliphatic carbocycles. The molecule has 1 N–H and O–H groups in total. The van der Waals surface area contributed by atoms with Gasteiger partial charge >= 0.3 is 0 Å². The summed E-state index contributed by atoms with van der Waals surface area (Å²) in [5, 5.41) is 3.32. The number of hydrogen-bond acceptors (Lipinski definition) is 3. The zero-order valence-corrected chi connectivity index (χ0v) is 10.7. The predicted molar refractivity (Wildman–Crippen MR) is 72.5 cm³/mol. The lowest BCUT2D eigenvalue weighted by atomic mass is 10.1. The highest BCUT2D eigenvalue weighted by atomic mass is 15.1. The summed E-state index contributed by atoms with van der Waals surface area (Å²) in [6, 6.07) is 8.69. The third-order valence-electron chi connectivity index (χ3n) is 3.18. The van der Waals surface area contributed by atoms with Gasteiger partial charge in [-0.3, -0.25) is 9.89 Å². The summed E-state index contributed by atoms with van der Waals surface area (Å²) in [6.45, 7) is 9.49. The van der Waals surface area contributed by atoms with Crippen LogP contribution in [-0.4, -0.2) is 36.9 Å². The van der Waals surface area contributed by atoms with E-state index in [1.807, 2.05) is 0 Å². The first-order valence-corrected chi connectivity index (χ1v) is 6.43. The zero-order valence-electron chi connectivity index (χ0n) is 10.7. The van der Waals surface area contributed by atoms with Crippen molar-refractivity contribution in [1.82, 2.24) is 10.2 Å². The quantitative estimate of drug-likeness (QED) is 0.838. The first kappa shape index (κ1) is 12.1. The van der Waals surface area contributed by atoms with E-state index in [9.17, 15) is 0 Å². The maximum atomic E-state index is 4.46. The van der Waals surface area contributed by atoms with Crippen molar-refractivity contribution in [1.29, 1.82) is 0 Å². The number of hydrogen-bond donors (Lipinski definition) is 1. The van der Waals surface area contributed by atoms with E-state index in [0.29, 0.717) is 0 Å². The number of nitrogens with zero attached hydrogens (tertiary/aromatic N) is 2. The summed E-state index contributed by atoms with van der Waals surface area (Å²) < 4.78 is 0. The molecule has 0 bridgehead atoms. The Hall–Kier alpha value is -1.35. The van der Waals surface area contributed by atoms with E-state index in [-0.39, 0.29) is 0 Å². The van der Waals surface area contributed by atoms with Gasteiger partial charge in [-0.05, 0) is 24.7 Å². The maximum Gasteiger partial charge on any atom is 0.128 e. The Balaban J connectivity index is 2.11. The fraction of sp³-hybridized carbons (Fsp3) is 0.500. The lowest BCUT2D eigenvalue weighted by Gasteiger charge is -2.18. The lowest BCUT2D eigenvalue weighted by molar-refractivity contribution is 0.296.